The predicted octanol–water partition coefficient (Wildman–Crippen LogP) is 5.01. The van der Waals surface area contributed by atoms with Crippen molar-refractivity contribution in [2.45, 2.75) is 41.0 Å². The van der Waals surface area contributed by atoms with E-state index >= 15 is 0 Å². The van der Waals surface area contributed by atoms with E-state index in [0.29, 0.717) is 23.9 Å². The number of sulfonamides is 1. The van der Waals surface area contributed by atoms with Crippen LogP contribution in [0.1, 0.15) is 18.1 Å². The second-order valence-electron chi connectivity index (χ2n) is 9.13. The summed E-state index contributed by atoms with van der Waals surface area (Å²) in [6, 6.07) is 17.3. The molecule has 3 aromatic carbocycles. The summed E-state index contributed by atoms with van der Waals surface area (Å²) in [6.45, 7) is 1.22. The molecule has 0 radical (unpaired) electrons. The Morgan fingerprint density at radius 2 is 1.59 bits per heavy atom. The number of rotatable bonds is 6. The van der Waals surface area contributed by atoms with Crippen LogP contribution >= 0.6 is 12.6 Å². The minimum absolute atomic E-state index is 0.0889. The topological polar surface area (TPSA) is 60.9 Å². The lowest BCUT2D eigenvalue weighted by Crippen LogP contribution is -2.55. The molecular formula is C26H26F4N2O3S2. The largest absolute Gasteiger partial charge is 0.421 e. The molecule has 1 heterocycles. The number of hydrogen-bond donors (Lipinski definition) is 2. The second kappa shape index (κ2) is 10.3. The highest BCUT2D eigenvalue weighted by Crippen LogP contribution is 2.39. The molecule has 0 bridgehead atoms. The van der Waals surface area contributed by atoms with Crippen molar-refractivity contribution in [1.82, 2.24) is 4.31 Å². The van der Waals surface area contributed by atoms with Crippen molar-refractivity contribution in [2.75, 3.05) is 24.5 Å². The van der Waals surface area contributed by atoms with Crippen LogP contribution in [0.15, 0.2) is 82.6 Å². The van der Waals surface area contributed by atoms with Gasteiger partial charge in [0, 0.05) is 36.3 Å². The summed E-state index contributed by atoms with van der Waals surface area (Å²) in [5.74, 6) is -0.397. The molecule has 4 rings (SSSR count). The molecule has 0 spiro atoms. The average molecular weight is 555 g/mol. The van der Waals surface area contributed by atoms with E-state index in [1.165, 1.54) is 46.8 Å². The number of benzene rings is 3. The molecule has 1 saturated heterocycles. The Morgan fingerprint density at radius 3 is 2.19 bits per heavy atom. The number of alkyl halides is 3. The highest BCUT2D eigenvalue weighted by atomic mass is 32.2. The molecule has 0 unspecified atom stereocenters. The predicted molar refractivity (Wildman–Crippen MR) is 136 cm³/mol. The van der Waals surface area contributed by atoms with Gasteiger partial charge in [0.2, 0.25) is 10.0 Å². The Morgan fingerprint density at radius 1 is 0.973 bits per heavy atom. The zero-order valence-electron chi connectivity index (χ0n) is 19.9. The molecule has 1 aliphatic heterocycles. The van der Waals surface area contributed by atoms with Crippen LogP contribution in [0.25, 0.3) is 0 Å². The van der Waals surface area contributed by atoms with Gasteiger partial charge in [-0.05, 0) is 60.9 Å². The molecule has 0 amide bonds. The lowest BCUT2D eigenvalue weighted by molar-refractivity contribution is -0.258. The number of hydrogen-bond acceptors (Lipinski definition) is 5. The maximum atomic E-state index is 13.5. The van der Waals surface area contributed by atoms with Crippen molar-refractivity contribution in [3.63, 3.8) is 0 Å². The van der Waals surface area contributed by atoms with Crippen LogP contribution in [0, 0.1) is 5.82 Å². The SMILES string of the molecule is C[C@@](O)(c1ccc(N2CCN(S(=O)(=O)c3ccccc3S)C[C@H]2Cc2ccc(F)cc2)cc1)C(F)(F)F. The van der Waals surface area contributed by atoms with Gasteiger partial charge in [-0.25, -0.2) is 12.8 Å². The van der Waals surface area contributed by atoms with Crippen molar-refractivity contribution in [1.29, 1.82) is 0 Å². The van der Waals surface area contributed by atoms with E-state index in [2.05, 4.69) is 12.6 Å². The smallest absolute Gasteiger partial charge is 0.376 e. The summed E-state index contributed by atoms with van der Waals surface area (Å²) in [5.41, 5.74) is -1.95. The highest BCUT2D eigenvalue weighted by Gasteiger charge is 2.51. The summed E-state index contributed by atoms with van der Waals surface area (Å²) >= 11 is 4.30. The first-order chi connectivity index (χ1) is 17.3. The van der Waals surface area contributed by atoms with Gasteiger partial charge in [0.1, 0.15) is 5.82 Å². The number of thiol groups is 1. The monoisotopic (exact) mass is 554 g/mol. The molecule has 0 saturated carbocycles. The third-order valence-electron chi connectivity index (χ3n) is 6.63. The molecule has 37 heavy (non-hydrogen) atoms. The van der Waals surface area contributed by atoms with Gasteiger partial charge in [-0.3, -0.25) is 0 Å². The van der Waals surface area contributed by atoms with Crippen LogP contribution in [-0.2, 0) is 22.0 Å². The molecule has 1 N–H and O–H groups in total. The van der Waals surface area contributed by atoms with Gasteiger partial charge in [-0.2, -0.15) is 17.5 Å². The lowest BCUT2D eigenvalue weighted by atomic mass is 9.94. The van der Waals surface area contributed by atoms with Crippen LogP contribution < -0.4 is 4.90 Å². The van der Waals surface area contributed by atoms with Crippen LogP contribution in [0.4, 0.5) is 23.2 Å². The minimum Gasteiger partial charge on any atom is -0.376 e. The van der Waals surface area contributed by atoms with Gasteiger partial charge in [0.15, 0.2) is 5.60 Å². The standard InChI is InChI=1S/C26H26F4N2O3S2/c1-25(33,26(28,29)30)19-8-12-21(13-9-19)32-15-14-31(37(34,35)24-5-3-2-4-23(24)36)17-22(32)16-18-6-10-20(27)11-7-18/h2-13,22,33,36H,14-17H2,1H3/t22-,25-/m1/s1. The summed E-state index contributed by atoms with van der Waals surface area (Å²) in [7, 11) is -3.86. The number of nitrogens with zero attached hydrogens (tertiary/aromatic N) is 2. The zero-order valence-corrected chi connectivity index (χ0v) is 21.6. The van der Waals surface area contributed by atoms with E-state index in [0.717, 1.165) is 5.56 Å². The highest BCUT2D eigenvalue weighted by molar-refractivity contribution is 7.90. The Balaban J connectivity index is 1.65. The zero-order chi connectivity index (χ0) is 27.0. The third kappa shape index (κ3) is 5.64. The molecule has 0 aliphatic carbocycles. The molecule has 1 aliphatic rings. The number of anilines is 1. The summed E-state index contributed by atoms with van der Waals surface area (Å²) < 4.78 is 81.5. The number of piperazine rings is 1. The van der Waals surface area contributed by atoms with Crippen molar-refractivity contribution in [3.05, 3.63) is 89.7 Å². The molecule has 0 aromatic heterocycles. The summed E-state index contributed by atoms with van der Waals surface area (Å²) in [5, 5.41) is 10.00. The van der Waals surface area contributed by atoms with E-state index < -0.39 is 33.7 Å². The van der Waals surface area contributed by atoms with Gasteiger partial charge < -0.3 is 10.0 Å². The summed E-state index contributed by atoms with van der Waals surface area (Å²) in [6.07, 6.45) is -4.47. The Labute approximate surface area is 218 Å². The number of halogens is 4. The van der Waals surface area contributed by atoms with E-state index in [4.69, 9.17) is 0 Å². The van der Waals surface area contributed by atoms with Gasteiger partial charge >= 0.3 is 6.18 Å². The van der Waals surface area contributed by atoms with Gasteiger partial charge in [0.05, 0.1) is 4.90 Å². The molecule has 1 fully saturated rings. The van der Waals surface area contributed by atoms with Gasteiger partial charge in [-0.1, -0.05) is 36.4 Å². The van der Waals surface area contributed by atoms with E-state index in [1.54, 1.807) is 30.3 Å². The first kappa shape index (κ1) is 27.4. The average Bonchev–Trinajstić information content (AvgIpc) is 2.85. The third-order valence-corrected chi connectivity index (χ3v) is 9.09. The fraction of sp³-hybridized carbons (Fsp3) is 0.308. The maximum Gasteiger partial charge on any atom is 0.421 e. The van der Waals surface area contributed by atoms with Crippen LogP contribution in [0.3, 0.4) is 0 Å². The van der Waals surface area contributed by atoms with Crippen molar-refractivity contribution in [3.8, 4) is 0 Å². The molecule has 11 heteroatoms. The van der Waals surface area contributed by atoms with Gasteiger partial charge in [-0.15, -0.1) is 12.6 Å². The first-order valence-electron chi connectivity index (χ1n) is 11.5. The van der Waals surface area contributed by atoms with Crippen LogP contribution in [-0.4, -0.2) is 49.7 Å². The fourth-order valence-electron chi connectivity index (χ4n) is 4.41. The molecule has 5 nitrogen and oxygen atoms in total. The Hall–Kier alpha value is -2.60. The van der Waals surface area contributed by atoms with Crippen LogP contribution in [0.2, 0.25) is 0 Å². The van der Waals surface area contributed by atoms with E-state index in [1.807, 2.05) is 4.90 Å². The number of aliphatic hydroxyl groups is 1. The van der Waals surface area contributed by atoms with Crippen molar-refractivity contribution in [2.24, 2.45) is 0 Å². The molecular weight excluding hydrogens is 528 g/mol. The maximum absolute atomic E-state index is 13.5. The lowest BCUT2D eigenvalue weighted by Gasteiger charge is -2.42. The molecule has 3 aromatic rings. The van der Waals surface area contributed by atoms with Crippen molar-refractivity contribution < 1.29 is 31.1 Å². The Bertz CT molecular complexity index is 1350. The van der Waals surface area contributed by atoms with Gasteiger partial charge in [0.25, 0.3) is 0 Å². The van der Waals surface area contributed by atoms with Crippen LogP contribution in [0.5, 0.6) is 0 Å². The molecule has 2 atom stereocenters. The fourth-order valence-corrected chi connectivity index (χ4v) is 6.47. The first-order valence-corrected chi connectivity index (χ1v) is 13.4. The van der Waals surface area contributed by atoms with E-state index in [-0.39, 0.29) is 30.1 Å². The van der Waals surface area contributed by atoms with Crippen molar-refractivity contribution >= 4 is 28.3 Å². The quantitative estimate of drug-likeness (QED) is 0.333. The summed E-state index contributed by atoms with van der Waals surface area (Å²) in [4.78, 5) is 2.34. The normalized spacial score (nSPS) is 19.0. The minimum atomic E-state index is -4.84. The molecule has 198 valence electrons. The Kier molecular flexibility index (Phi) is 7.62. The second-order valence-corrected chi connectivity index (χ2v) is 11.5. The van der Waals surface area contributed by atoms with E-state index in [9.17, 15) is 31.1 Å².